The Morgan fingerprint density at radius 2 is 2.00 bits per heavy atom. The number of hydrogen-bond acceptors (Lipinski definition) is 4. The standard InChI is InChI=1S/C5H6N2O2/c6-1-4(2-8)5(7)3-9/h2-5H,7H2. The molecular weight excluding hydrogens is 120 g/mol. The number of carbonyl (C=O) groups excluding carboxylic acids is 2. The molecule has 0 rings (SSSR count). The van der Waals surface area contributed by atoms with Crippen LogP contribution in [0.4, 0.5) is 0 Å². The van der Waals surface area contributed by atoms with Crippen LogP contribution in [0.15, 0.2) is 0 Å². The molecule has 0 saturated heterocycles. The number of hydrogen-bond donors (Lipinski definition) is 1. The predicted molar refractivity (Wildman–Crippen MR) is 29.2 cm³/mol. The molecule has 4 heteroatoms. The number of aldehydes is 2. The fraction of sp³-hybridized carbons (Fsp3) is 0.400. The zero-order chi connectivity index (χ0) is 7.28. The summed E-state index contributed by atoms with van der Waals surface area (Å²) in [4.78, 5) is 19.7. The summed E-state index contributed by atoms with van der Waals surface area (Å²) >= 11 is 0. The Labute approximate surface area is 52.3 Å². The summed E-state index contributed by atoms with van der Waals surface area (Å²) < 4.78 is 0. The highest BCUT2D eigenvalue weighted by Gasteiger charge is 2.13. The van der Waals surface area contributed by atoms with Crippen molar-refractivity contribution < 1.29 is 9.59 Å². The first-order chi connectivity index (χ1) is 4.26. The molecule has 0 aliphatic heterocycles. The van der Waals surface area contributed by atoms with Crippen LogP contribution in [0.1, 0.15) is 0 Å². The lowest BCUT2D eigenvalue weighted by Crippen LogP contribution is -2.31. The minimum Gasteiger partial charge on any atom is -0.320 e. The minimum absolute atomic E-state index is 0.360. The third-order valence-corrected chi connectivity index (χ3v) is 0.867. The quantitative estimate of drug-likeness (QED) is 0.484. The molecule has 2 unspecified atom stereocenters. The van der Waals surface area contributed by atoms with E-state index in [-0.39, 0.29) is 0 Å². The average Bonchev–Trinajstić information content (AvgIpc) is 1.90. The van der Waals surface area contributed by atoms with Gasteiger partial charge in [-0.2, -0.15) is 5.26 Å². The van der Waals surface area contributed by atoms with Gasteiger partial charge in [0, 0.05) is 0 Å². The normalized spacial score (nSPS) is 15.1. The Morgan fingerprint density at radius 3 is 2.11 bits per heavy atom. The molecule has 2 atom stereocenters. The molecule has 0 spiro atoms. The summed E-state index contributed by atoms with van der Waals surface area (Å²) in [7, 11) is 0. The van der Waals surface area contributed by atoms with Crippen molar-refractivity contribution in [1.29, 1.82) is 5.26 Å². The maximum Gasteiger partial charge on any atom is 0.139 e. The van der Waals surface area contributed by atoms with E-state index in [2.05, 4.69) is 0 Å². The first-order valence-corrected chi connectivity index (χ1v) is 2.32. The molecule has 48 valence electrons. The van der Waals surface area contributed by atoms with Crippen LogP contribution in [-0.2, 0) is 9.59 Å². The van der Waals surface area contributed by atoms with E-state index < -0.39 is 12.0 Å². The Balaban J connectivity index is 3.97. The molecule has 9 heavy (non-hydrogen) atoms. The van der Waals surface area contributed by atoms with Gasteiger partial charge in [0.15, 0.2) is 0 Å². The highest BCUT2D eigenvalue weighted by atomic mass is 16.1. The Hall–Kier alpha value is -1.21. The van der Waals surface area contributed by atoms with Crippen LogP contribution in [0.25, 0.3) is 0 Å². The van der Waals surface area contributed by atoms with E-state index in [9.17, 15) is 9.59 Å². The third-order valence-electron chi connectivity index (χ3n) is 0.867. The van der Waals surface area contributed by atoms with Crippen molar-refractivity contribution in [3.63, 3.8) is 0 Å². The summed E-state index contributed by atoms with van der Waals surface area (Å²) in [5.74, 6) is -0.998. The van der Waals surface area contributed by atoms with Gasteiger partial charge in [-0.3, -0.25) is 0 Å². The number of carbonyl (C=O) groups is 2. The van der Waals surface area contributed by atoms with E-state index in [1.54, 1.807) is 6.07 Å². The van der Waals surface area contributed by atoms with Crippen molar-refractivity contribution >= 4 is 12.6 Å². The Kier molecular flexibility index (Phi) is 3.25. The van der Waals surface area contributed by atoms with Gasteiger partial charge in [0.2, 0.25) is 0 Å². The summed E-state index contributed by atoms with van der Waals surface area (Å²) in [5, 5.41) is 8.11. The van der Waals surface area contributed by atoms with Gasteiger partial charge in [0.25, 0.3) is 0 Å². The van der Waals surface area contributed by atoms with Crippen LogP contribution in [0.5, 0.6) is 0 Å². The lowest BCUT2D eigenvalue weighted by Gasteiger charge is -2.00. The second-order valence-electron chi connectivity index (χ2n) is 1.50. The molecule has 0 amide bonds. The first kappa shape index (κ1) is 7.79. The van der Waals surface area contributed by atoms with Gasteiger partial charge in [0.05, 0.1) is 12.1 Å². The molecule has 0 saturated carbocycles. The van der Waals surface area contributed by atoms with Crippen molar-refractivity contribution in [3.05, 3.63) is 0 Å². The van der Waals surface area contributed by atoms with Crippen molar-refractivity contribution in [1.82, 2.24) is 0 Å². The number of nitriles is 1. The molecule has 0 bridgehead atoms. The van der Waals surface area contributed by atoms with E-state index in [4.69, 9.17) is 11.0 Å². The molecule has 0 radical (unpaired) electrons. The van der Waals surface area contributed by atoms with E-state index in [1.165, 1.54) is 0 Å². The largest absolute Gasteiger partial charge is 0.320 e. The van der Waals surface area contributed by atoms with Gasteiger partial charge in [-0.25, -0.2) is 0 Å². The SMILES string of the molecule is N#CC(C=O)C(N)C=O. The van der Waals surface area contributed by atoms with Crippen LogP contribution in [0.2, 0.25) is 0 Å². The monoisotopic (exact) mass is 126 g/mol. The molecule has 4 nitrogen and oxygen atoms in total. The molecular formula is C5H6N2O2. The summed E-state index contributed by atoms with van der Waals surface area (Å²) in [6, 6.07) is 0.599. The van der Waals surface area contributed by atoms with Crippen LogP contribution in [0, 0.1) is 17.2 Å². The fourth-order valence-corrected chi connectivity index (χ4v) is 0.292. The van der Waals surface area contributed by atoms with Crippen LogP contribution in [0.3, 0.4) is 0 Å². The zero-order valence-electron chi connectivity index (χ0n) is 4.65. The Morgan fingerprint density at radius 1 is 1.44 bits per heavy atom. The van der Waals surface area contributed by atoms with Crippen LogP contribution >= 0.6 is 0 Å². The van der Waals surface area contributed by atoms with Gasteiger partial charge >= 0.3 is 0 Å². The molecule has 0 heterocycles. The first-order valence-electron chi connectivity index (χ1n) is 2.32. The second-order valence-corrected chi connectivity index (χ2v) is 1.50. The smallest absolute Gasteiger partial charge is 0.139 e. The number of nitrogens with zero attached hydrogens (tertiary/aromatic N) is 1. The highest BCUT2D eigenvalue weighted by Crippen LogP contribution is 1.90. The molecule has 0 fully saturated rings. The van der Waals surface area contributed by atoms with Crippen molar-refractivity contribution in [2.75, 3.05) is 0 Å². The third kappa shape index (κ3) is 2.02. The van der Waals surface area contributed by atoms with Crippen LogP contribution < -0.4 is 5.73 Å². The molecule has 2 N–H and O–H groups in total. The van der Waals surface area contributed by atoms with E-state index in [1.807, 2.05) is 0 Å². The van der Waals surface area contributed by atoms with Crippen molar-refractivity contribution in [2.45, 2.75) is 6.04 Å². The highest BCUT2D eigenvalue weighted by molar-refractivity contribution is 5.70. The predicted octanol–water partition coefficient (Wildman–Crippen LogP) is -1.15. The fourth-order valence-electron chi connectivity index (χ4n) is 0.292. The van der Waals surface area contributed by atoms with Crippen molar-refractivity contribution in [3.8, 4) is 6.07 Å². The molecule has 0 aromatic rings. The lowest BCUT2D eigenvalue weighted by molar-refractivity contribution is -0.115. The van der Waals surface area contributed by atoms with Gasteiger partial charge < -0.3 is 15.3 Å². The summed E-state index contributed by atoms with van der Waals surface area (Å²) in [5.41, 5.74) is 5.02. The van der Waals surface area contributed by atoms with Gasteiger partial charge in [0.1, 0.15) is 18.5 Å². The number of nitrogens with two attached hydrogens (primary N) is 1. The lowest BCUT2D eigenvalue weighted by atomic mass is 10.1. The second kappa shape index (κ2) is 3.75. The molecule has 0 aromatic heterocycles. The summed E-state index contributed by atoms with van der Waals surface area (Å²) in [6.45, 7) is 0. The van der Waals surface area contributed by atoms with E-state index in [0.29, 0.717) is 12.6 Å². The van der Waals surface area contributed by atoms with Crippen LogP contribution in [-0.4, -0.2) is 18.6 Å². The number of rotatable bonds is 3. The van der Waals surface area contributed by atoms with Gasteiger partial charge in [-0.05, 0) is 0 Å². The average molecular weight is 126 g/mol. The Bertz CT molecular complexity index is 150. The molecule has 0 aliphatic rings. The van der Waals surface area contributed by atoms with Gasteiger partial charge in [-0.15, -0.1) is 0 Å². The maximum atomic E-state index is 9.88. The van der Waals surface area contributed by atoms with Crippen molar-refractivity contribution in [2.24, 2.45) is 11.7 Å². The topological polar surface area (TPSA) is 83.9 Å². The zero-order valence-corrected chi connectivity index (χ0v) is 4.65. The van der Waals surface area contributed by atoms with E-state index in [0.717, 1.165) is 0 Å². The van der Waals surface area contributed by atoms with E-state index >= 15 is 0 Å². The van der Waals surface area contributed by atoms with Gasteiger partial charge in [-0.1, -0.05) is 0 Å². The molecule has 0 aliphatic carbocycles. The minimum atomic E-state index is -0.998. The molecule has 0 aromatic carbocycles. The summed E-state index contributed by atoms with van der Waals surface area (Å²) in [6.07, 6.45) is 0.737. The maximum absolute atomic E-state index is 9.88.